The maximum atomic E-state index is 14.3. The molecular weight excluding hydrogens is 327 g/mol. The molecule has 24 heavy (non-hydrogen) atoms. The lowest BCUT2D eigenvalue weighted by Crippen LogP contribution is -2.46. The molecule has 0 bridgehead atoms. The number of carbonyl (C=O) groups excluding carboxylic acids is 2. The van der Waals surface area contributed by atoms with Crippen LogP contribution in [-0.2, 0) is 16.1 Å². The molecule has 6 heteroatoms. The number of nitrogens with zero attached hydrogens (tertiary/aromatic N) is 1. The van der Waals surface area contributed by atoms with Crippen molar-refractivity contribution in [1.82, 2.24) is 10.2 Å². The third-order valence-electron chi connectivity index (χ3n) is 4.44. The summed E-state index contributed by atoms with van der Waals surface area (Å²) in [4.78, 5) is 27.3. The maximum absolute atomic E-state index is 14.3. The maximum Gasteiger partial charge on any atom is 0.225 e. The van der Waals surface area contributed by atoms with E-state index in [9.17, 15) is 14.0 Å². The molecule has 1 aliphatic rings. The molecule has 4 nitrogen and oxygen atoms in total. The van der Waals surface area contributed by atoms with E-state index in [2.05, 4.69) is 5.32 Å². The first kappa shape index (κ1) is 16.6. The van der Waals surface area contributed by atoms with E-state index < -0.39 is 12.0 Å². The highest BCUT2D eigenvalue weighted by Gasteiger charge is 2.39. The molecule has 1 aromatic heterocycles. The van der Waals surface area contributed by atoms with Gasteiger partial charge < -0.3 is 10.2 Å². The molecule has 1 aliphatic heterocycles. The molecule has 2 aromatic rings. The average Bonchev–Trinajstić information content (AvgIpc) is 3.09. The van der Waals surface area contributed by atoms with Crippen LogP contribution in [0.25, 0.3) is 0 Å². The molecule has 0 spiro atoms. The fourth-order valence-electron chi connectivity index (χ4n) is 3.17. The molecule has 1 N–H and O–H groups in total. The van der Waals surface area contributed by atoms with Gasteiger partial charge in [-0.3, -0.25) is 9.59 Å². The van der Waals surface area contributed by atoms with E-state index in [1.165, 1.54) is 11.0 Å². The fraction of sp³-hybridized carbons (Fsp3) is 0.333. The van der Waals surface area contributed by atoms with Crippen LogP contribution in [-0.4, -0.2) is 23.8 Å². The van der Waals surface area contributed by atoms with Crippen molar-refractivity contribution in [2.45, 2.75) is 25.4 Å². The lowest BCUT2D eigenvalue weighted by Gasteiger charge is -2.38. The number of benzene rings is 1. The van der Waals surface area contributed by atoms with E-state index in [0.717, 1.165) is 4.88 Å². The van der Waals surface area contributed by atoms with Crippen LogP contribution >= 0.6 is 11.3 Å². The van der Waals surface area contributed by atoms with Gasteiger partial charge in [0.1, 0.15) is 5.82 Å². The van der Waals surface area contributed by atoms with Gasteiger partial charge in [-0.15, -0.1) is 11.3 Å². The quantitative estimate of drug-likeness (QED) is 0.925. The number of likely N-dealkylation sites (tertiary alicyclic amines) is 1. The number of rotatable bonds is 4. The smallest absolute Gasteiger partial charge is 0.225 e. The number of hydrogen-bond donors (Lipinski definition) is 1. The monoisotopic (exact) mass is 346 g/mol. The summed E-state index contributed by atoms with van der Waals surface area (Å²) in [6, 6.07) is 9.66. The van der Waals surface area contributed by atoms with Crippen LogP contribution in [0, 0.1) is 11.7 Å². The zero-order valence-corrected chi connectivity index (χ0v) is 14.2. The normalized spacial score (nSPS) is 20.9. The second-order valence-corrected chi connectivity index (χ2v) is 6.95. The van der Waals surface area contributed by atoms with Crippen LogP contribution < -0.4 is 5.32 Å². The Bertz CT molecular complexity index is 732. The van der Waals surface area contributed by atoms with Crippen molar-refractivity contribution >= 4 is 23.2 Å². The van der Waals surface area contributed by atoms with Crippen molar-refractivity contribution in [3.63, 3.8) is 0 Å². The molecule has 0 saturated carbocycles. The molecule has 2 amide bonds. The average molecular weight is 346 g/mol. The standard InChI is InChI=1S/C18H19FN2O2S/c1-21-16(22)9-8-14(17(21)13-6-2-3-7-15(13)19)18(23)20-11-12-5-4-10-24-12/h2-7,10,14,17H,8-9,11H2,1H3,(H,20,23)/t14-,17-/m0/s1. The summed E-state index contributed by atoms with van der Waals surface area (Å²) in [5.41, 5.74) is 0.393. The van der Waals surface area contributed by atoms with Gasteiger partial charge in [-0.1, -0.05) is 24.3 Å². The predicted octanol–water partition coefficient (Wildman–Crippen LogP) is 3.11. The molecule has 0 radical (unpaired) electrons. The fourth-order valence-corrected chi connectivity index (χ4v) is 3.82. The van der Waals surface area contributed by atoms with Crippen LogP contribution in [0.3, 0.4) is 0 Å². The lowest BCUT2D eigenvalue weighted by atomic mass is 9.83. The van der Waals surface area contributed by atoms with Crippen molar-refractivity contribution in [1.29, 1.82) is 0 Å². The zero-order chi connectivity index (χ0) is 17.1. The van der Waals surface area contributed by atoms with Gasteiger partial charge in [0.15, 0.2) is 0 Å². The van der Waals surface area contributed by atoms with E-state index in [4.69, 9.17) is 0 Å². The Morgan fingerprint density at radius 1 is 1.33 bits per heavy atom. The van der Waals surface area contributed by atoms with E-state index in [1.807, 2.05) is 17.5 Å². The van der Waals surface area contributed by atoms with Gasteiger partial charge in [0.05, 0.1) is 18.5 Å². The minimum atomic E-state index is -0.573. The van der Waals surface area contributed by atoms with Crippen LogP contribution in [0.2, 0.25) is 0 Å². The van der Waals surface area contributed by atoms with Crippen molar-refractivity contribution in [3.8, 4) is 0 Å². The third kappa shape index (κ3) is 3.33. The number of piperidine rings is 1. The number of carbonyl (C=O) groups is 2. The zero-order valence-electron chi connectivity index (χ0n) is 13.4. The number of amides is 2. The number of thiophene rings is 1. The molecule has 1 aromatic carbocycles. The summed E-state index contributed by atoms with van der Waals surface area (Å²) < 4.78 is 14.3. The van der Waals surface area contributed by atoms with Gasteiger partial charge in [-0.2, -0.15) is 0 Å². The molecule has 1 fully saturated rings. The van der Waals surface area contributed by atoms with Gasteiger partial charge in [0, 0.05) is 23.9 Å². The minimum Gasteiger partial charge on any atom is -0.351 e. The highest BCUT2D eigenvalue weighted by molar-refractivity contribution is 7.09. The summed E-state index contributed by atoms with van der Waals surface area (Å²) in [6.07, 6.45) is 0.733. The minimum absolute atomic E-state index is 0.0643. The van der Waals surface area contributed by atoms with Crippen molar-refractivity contribution in [3.05, 3.63) is 58.0 Å². The summed E-state index contributed by atoms with van der Waals surface area (Å²) >= 11 is 1.57. The largest absolute Gasteiger partial charge is 0.351 e. The first-order chi connectivity index (χ1) is 11.6. The van der Waals surface area contributed by atoms with Gasteiger partial charge in [-0.05, 0) is 23.9 Å². The van der Waals surface area contributed by atoms with Crippen LogP contribution in [0.15, 0.2) is 41.8 Å². The molecule has 3 rings (SSSR count). The Morgan fingerprint density at radius 2 is 2.12 bits per heavy atom. The highest BCUT2D eigenvalue weighted by atomic mass is 32.1. The van der Waals surface area contributed by atoms with Crippen molar-refractivity contribution in [2.24, 2.45) is 5.92 Å². The van der Waals surface area contributed by atoms with Crippen molar-refractivity contribution < 1.29 is 14.0 Å². The van der Waals surface area contributed by atoms with Crippen LogP contribution in [0.1, 0.15) is 29.3 Å². The van der Waals surface area contributed by atoms with Gasteiger partial charge in [-0.25, -0.2) is 4.39 Å². The molecule has 2 heterocycles. The number of hydrogen-bond acceptors (Lipinski definition) is 3. The summed E-state index contributed by atoms with van der Waals surface area (Å²) in [6.45, 7) is 0.453. The SMILES string of the molecule is CN1C(=O)CC[C@H](C(=O)NCc2cccs2)[C@@H]1c1ccccc1F. The number of halogens is 1. The summed E-state index contributed by atoms with van der Waals surface area (Å²) in [7, 11) is 1.64. The number of nitrogens with one attached hydrogen (secondary N) is 1. The van der Waals surface area contributed by atoms with Crippen LogP contribution in [0.5, 0.6) is 0 Å². The van der Waals surface area contributed by atoms with E-state index >= 15 is 0 Å². The van der Waals surface area contributed by atoms with E-state index in [-0.39, 0.29) is 17.6 Å². The third-order valence-corrected chi connectivity index (χ3v) is 5.31. The lowest BCUT2D eigenvalue weighted by molar-refractivity contribution is -0.141. The Hall–Kier alpha value is -2.21. The molecular formula is C18H19FN2O2S. The van der Waals surface area contributed by atoms with Gasteiger partial charge in [0.25, 0.3) is 0 Å². The second kappa shape index (κ2) is 7.13. The van der Waals surface area contributed by atoms with Crippen LogP contribution in [0.4, 0.5) is 4.39 Å². The van der Waals surface area contributed by atoms with Gasteiger partial charge >= 0.3 is 0 Å². The predicted molar refractivity (Wildman–Crippen MR) is 90.8 cm³/mol. The second-order valence-electron chi connectivity index (χ2n) is 5.91. The molecule has 0 aliphatic carbocycles. The summed E-state index contributed by atoms with van der Waals surface area (Å²) in [5.74, 6) is -1.05. The van der Waals surface area contributed by atoms with Gasteiger partial charge in [0.2, 0.25) is 11.8 Å². The summed E-state index contributed by atoms with van der Waals surface area (Å²) in [5, 5.41) is 4.88. The first-order valence-electron chi connectivity index (χ1n) is 7.88. The molecule has 2 atom stereocenters. The molecule has 126 valence electrons. The van der Waals surface area contributed by atoms with E-state index in [1.54, 1.807) is 36.6 Å². The highest BCUT2D eigenvalue weighted by Crippen LogP contribution is 2.37. The Labute approximate surface area is 144 Å². The first-order valence-corrected chi connectivity index (χ1v) is 8.76. The molecule has 1 saturated heterocycles. The Morgan fingerprint density at radius 3 is 2.83 bits per heavy atom. The Balaban J connectivity index is 1.82. The molecule has 0 unspecified atom stereocenters. The van der Waals surface area contributed by atoms with Crippen molar-refractivity contribution in [2.75, 3.05) is 7.05 Å². The topological polar surface area (TPSA) is 49.4 Å². The Kier molecular flexibility index (Phi) is 4.94. The van der Waals surface area contributed by atoms with E-state index in [0.29, 0.717) is 24.9 Å².